The second kappa shape index (κ2) is 6.67. The number of aryl methyl sites for hydroxylation is 2. The first-order valence-electron chi connectivity index (χ1n) is 5.49. The monoisotopic (exact) mass is 254 g/mol. The van der Waals surface area contributed by atoms with E-state index in [0.29, 0.717) is 17.9 Å². The van der Waals surface area contributed by atoms with Gasteiger partial charge in [0.25, 0.3) is 0 Å². The van der Waals surface area contributed by atoms with Crippen molar-refractivity contribution in [3.05, 3.63) is 34.9 Å². The normalized spacial score (nSPS) is 12.4. The first-order chi connectivity index (χ1) is 8.04. The Morgan fingerprint density at radius 2 is 2.06 bits per heavy atom. The standard InChI is InChI=1S/C13H18O3S/c1-10-4-5-12(11(2)8-10)13(14)9-17(15)7-6-16-3/h4-5,8H,6-7,9H2,1-3H3. The molecule has 1 unspecified atom stereocenters. The summed E-state index contributed by atoms with van der Waals surface area (Å²) in [4.78, 5) is 11.9. The van der Waals surface area contributed by atoms with Crippen LogP contribution in [0.4, 0.5) is 0 Å². The van der Waals surface area contributed by atoms with E-state index in [1.807, 2.05) is 26.0 Å². The Bertz CT molecular complexity index is 427. The van der Waals surface area contributed by atoms with E-state index in [0.717, 1.165) is 11.1 Å². The second-order valence-electron chi connectivity index (χ2n) is 4.02. The summed E-state index contributed by atoms with van der Waals surface area (Å²) in [5.74, 6) is 0.428. The smallest absolute Gasteiger partial charge is 0.175 e. The molecule has 0 fully saturated rings. The minimum Gasteiger partial charge on any atom is -0.384 e. The number of ether oxygens (including phenoxy) is 1. The molecule has 3 nitrogen and oxygen atoms in total. The lowest BCUT2D eigenvalue weighted by molar-refractivity contribution is 0.102. The Labute approximate surface area is 105 Å². The molecule has 0 heterocycles. The zero-order valence-electron chi connectivity index (χ0n) is 10.5. The average molecular weight is 254 g/mol. The van der Waals surface area contributed by atoms with Crippen LogP contribution in [0, 0.1) is 13.8 Å². The van der Waals surface area contributed by atoms with Gasteiger partial charge in [0.15, 0.2) is 5.78 Å². The fourth-order valence-electron chi connectivity index (χ4n) is 1.60. The van der Waals surface area contributed by atoms with E-state index in [1.54, 1.807) is 13.2 Å². The van der Waals surface area contributed by atoms with Crippen LogP contribution in [0.25, 0.3) is 0 Å². The molecular weight excluding hydrogens is 236 g/mol. The molecule has 0 bridgehead atoms. The molecule has 0 spiro atoms. The van der Waals surface area contributed by atoms with E-state index in [-0.39, 0.29) is 11.5 Å². The van der Waals surface area contributed by atoms with Crippen molar-refractivity contribution in [2.24, 2.45) is 0 Å². The maximum Gasteiger partial charge on any atom is 0.175 e. The topological polar surface area (TPSA) is 43.4 Å². The fourth-order valence-corrected chi connectivity index (χ4v) is 2.54. The summed E-state index contributed by atoms with van der Waals surface area (Å²) >= 11 is 0. The Hall–Kier alpha value is -1.00. The van der Waals surface area contributed by atoms with Crippen LogP contribution in [0.3, 0.4) is 0 Å². The highest BCUT2D eigenvalue weighted by Crippen LogP contribution is 2.11. The van der Waals surface area contributed by atoms with Crippen LogP contribution in [-0.2, 0) is 15.5 Å². The van der Waals surface area contributed by atoms with Gasteiger partial charge in [-0.1, -0.05) is 23.8 Å². The van der Waals surface area contributed by atoms with Gasteiger partial charge in [-0.05, 0) is 19.4 Å². The molecule has 0 saturated carbocycles. The van der Waals surface area contributed by atoms with Gasteiger partial charge >= 0.3 is 0 Å². The van der Waals surface area contributed by atoms with Crippen LogP contribution in [0.1, 0.15) is 21.5 Å². The maximum atomic E-state index is 11.9. The number of Topliss-reactive ketones (excluding diaryl/α,β-unsaturated/α-hetero) is 1. The molecule has 17 heavy (non-hydrogen) atoms. The number of carbonyl (C=O) groups excluding carboxylic acids is 1. The summed E-state index contributed by atoms with van der Waals surface area (Å²) in [6, 6.07) is 5.67. The summed E-state index contributed by atoms with van der Waals surface area (Å²) < 4.78 is 16.4. The minimum absolute atomic E-state index is 0.0584. The lowest BCUT2D eigenvalue weighted by Gasteiger charge is -2.06. The molecule has 1 rings (SSSR count). The third-order valence-electron chi connectivity index (χ3n) is 2.49. The van der Waals surface area contributed by atoms with Crippen molar-refractivity contribution >= 4 is 16.6 Å². The molecule has 4 heteroatoms. The zero-order valence-corrected chi connectivity index (χ0v) is 11.3. The van der Waals surface area contributed by atoms with E-state index in [1.165, 1.54) is 0 Å². The first-order valence-corrected chi connectivity index (χ1v) is 6.97. The number of ketones is 1. The summed E-state index contributed by atoms with van der Waals surface area (Å²) in [7, 11) is 0.420. The van der Waals surface area contributed by atoms with Gasteiger partial charge in [-0.3, -0.25) is 9.00 Å². The highest BCUT2D eigenvalue weighted by molar-refractivity contribution is 7.85. The second-order valence-corrected chi connectivity index (χ2v) is 5.60. The first kappa shape index (κ1) is 14.1. The van der Waals surface area contributed by atoms with Crippen LogP contribution in [0.2, 0.25) is 0 Å². The number of rotatable bonds is 6. The van der Waals surface area contributed by atoms with Crippen molar-refractivity contribution in [1.29, 1.82) is 0 Å². The maximum absolute atomic E-state index is 11.9. The Kier molecular flexibility index (Phi) is 5.51. The van der Waals surface area contributed by atoms with Gasteiger partial charge in [-0.15, -0.1) is 0 Å². The quantitative estimate of drug-likeness (QED) is 0.728. The van der Waals surface area contributed by atoms with E-state index in [4.69, 9.17) is 4.74 Å². The van der Waals surface area contributed by atoms with Crippen molar-refractivity contribution in [3.63, 3.8) is 0 Å². The van der Waals surface area contributed by atoms with Gasteiger partial charge in [0.2, 0.25) is 0 Å². The van der Waals surface area contributed by atoms with E-state index < -0.39 is 10.8 Å². The van der Waals surface area contributed by atoms with Crippen molar-refractivity contribution in [3.8, 4) is 0 Å². The largest absolute Gasteiger partial charge is 0.384 e. The number of hydrogen-bond acceptors (Lipinski definition) is 3. The highest BCUT2D eigenvalue weighted by atomic mass is 32.2. The van der Waals surface area contributed by atoms with Crippen molar-refractivity contribution in [2.75, 3.05) is 25.2 Å². The average Bonchev–Trinajstić information content (AvgIpc) is 2.26. The number of methoxy groups -OCH3 is 1. The van der Waals surface area contributed by atoms with Crippen LogP contribution >= 0.6 is 0 Å². The number of carbonyl (C=O) groups is 1. The molecule has 0 radical (unpaired) electrons. The third kappa shape index (κ3) is 4.40. The minimum atomic E-state index is -1.14. The van der Waals surface area contributed by atoms with Crippen molar-refractivity contribution in [2.45, 2.75) is 13.8 Å². The van der Waals surface area contributed by atoms with Crippen LogP contribution in [-0.4, -0.2) is 35.2 Å². The molecule has 0 aliphatic heterocycles. The molecule has 1 atom stereocenters. The molecule has 0 amide bonds. The Balaban J connectivity index is 2.67. The number of hydrogen-bond donors (Lipinski definition) is 0. The molecule has 0 aliphatic carbocycles. The van der Waals surface area contributed by atoms with E-state index in [2.05, 4.69) is 0 Å². The zero-order chi connectivity index (χ0) is 12.8. The van der Waals surface area contributed by atoms with Gasteiger partial charge in [0.05, 0.1) is 12.4 Å². The molecule has 0 aliphatic rings. The molecule has 0 N–H and O–H groups in total. The molecule has 1 aromatic rings. The molecular formula is C13H18O3S. The summed E-state index contributed by atoms with van der Waals surface area (Å²) in [5.41, 5.74) is 2.74. The fraction of sp³-hybridized carbons (Fsp3) is 0.462. The SMILES string of the molecule is COCCS(=O)CC(=O)c1ccc(C)cc1C. The van der Waals surface area contributed by atoms with Gasteiger partial charge < -0.3 is 4.74 Å². The van der Waals surface area contributed by atoms with Gasteiger partial charge in [-0.25, -0.2) is 0 Å². The summed E-state index contributed by atoms with van der Waals surface area (Å²) in [6.45, 7) is 4.31. The highest BCUT2D eigenvalue weighted by Gasteiger charge is 2.12. The predicted octanol–water partition coefficient (Wildman–Crippen LogP) is 1.88. The predicted molar refractivity (Wildman–Crippen MR) is 70.0 cm³/mol. The van der Waals surface area contributed by atoms with Gasteiger partial charge in [0.1, 0.15) is 0 Å². The molecule has 0 saturated heterocycles. The van der Waals surface area contributed by atoms with Crippen LogP contribution < -0.4 is 0 Å². The summed E-state index contributed by atoms with van der Waals surface area (Å²) in [5, 5.41) is 0. The lowest BCUT2D eigenvalue weighted by Crippen LogP contribution is -2.16. The molecule has 94 valence electrons. The Morgan fingerprint density at radius 1 is 1.35 bits per heavy atom. The van der Waals surface area contributed by atoms with Crippen LogP contribution in [0.15, 0.2) is 18.2 Å². The lowest BCUT2D eigenvalue weighted by atomic mass is 10.0. The number of benzene rings is 1. The molecule has 0 aromatic heterocycles. The van der Waals surface area contributed by atoms with Gasteiger partial charge in [0, 0.05) is 29.2 Å². The van der Waals surface area contributed by atoms with Gasteiger partial charge in [-0.2, -0.15) is 0 Å². The summed E-state index contributed by atoms with van der Waals surface area (Å²) in [6.07, 6.45) is 0. The van der Waals surface area contributed by atoms with E-state index in [9.17, 15) is 9.00 Å². The van der Waals surface area contributed by atoms with Crippen molar-refractivity contribution in [1.82, 2.24) is 0 Å². The van der Waals surface area contributed by atoms with E-state index >= 15 is 0 Å². The third-order valence-corrected chi connectivity index (χ3v) is 3.70. The van der Waals surface area contributed by atoms with Crippen molar-refractivity contribution < 1.29 is 13.7 Å². The molecule has 1 aromatic carbocycles. The van der Waals surface area contributed by atoms with Crippen LogP contribution in [0.5, 0.6) is 0 Å². The Morgan fingerprint density at radius 3 is 2.65 bits per heavy atom.